The Labute approximate surface area is 442 Å². The highest BCUT2D eigenvalue weighted by Gasteiger charge is 2.46. The fraction of sp³-hybridized carbons (Fsp3) is 0.0145. The number of anilines is 6. The number of benzene rings is 11. The second kappa shape index (κ2) is 17.7. The predicted molar refractivity (Wildman–Crippen MR) is 312 cm³/mol. The smallest absolute Gasteiger partial charge is 0.227 e. The number of aromatic nitrogens is 2. The average molecular weight is 993 g/mol. The molecule has 0 saturated heterocycles. The first kappa shape index (κ1) is 43.7. The lowest BCUT2D eigenvalue weighted by molar-refractivity contribution is 0.620. The van der Waals surface area contributed by atoms with Crippen LogP contribution in [0.25, 0.3) is 76.4 Å². The third kappa shape index (κ3) is 7.08. The lowest BCUT2D eigenvalue weighted by atomic mass is 9.67. The minimum Gasteiger partial charge on any atom is -0.456 e. The van der Waals surface area contributed by atoms with Gasteiger partial charge < -0.3 is 18.6 Å². The molecule has 0 N–H and O–H groups in total. The molecule has 0 spiro atoms. The van der Waals surface area contributed by atoms with Crippen molar-refractivity contribution in [3.05, 3.63) is 289 Å². The minimum atomic E-state index is -0.559. The molecule has 11 aromatic carbocycles. The number of nitrogens with zero attached hydrogens (tertiary/aromatic N) is 4. The molecular weight excluding hydrogens is 949 g/mol. The number of oxazole rings is 1. The van der Waals surface area contributed by atoms with Crippen LogP contribution in [0.4, 0.5) is 34.1 Å². The maximum Gasteiger partial charge on any atom is 0.227 e. The van der Waals surface area contributed by atoms with E-state index in [1.165, 1.54) is 38.1 Å². The summed E-state index contributed by atoms with van der Waals surface area (Å²) in [6.45, 7) is 0. The van der Waals surface area contributed by atoms with Gasteiger partial charge in [-0.15, -0.1) is 11.3 Å². The quantitative estimate of drug-likeness (QED) is 0.136. The molecule has 0 atom stereocenters. The van der Waals surface area contributed by atoms with E-state index < -0.39 is 5.41 Å². The minimum absolute atomic E-state index is 0.559. The topological polar surface area (TPSA) is 58.5 Å². The van der Waals surface area contributed by atoms with E-state index in [2.05, 4.69) is 240 Å². The second-order valence-electron chi connectivity index (χ2n) is 19.3. The third-order valence-electron chi connectivity index (χ3n) is 15.0. The van der Waals surface area contributed by atoms with Crippen molar-refractivity contribution in [1.29, 1.82) is 0 Å². The molecule has 3 heterocycles. The molecule has 0 saturated carbocycles. The lowest BCUT2D eigenvalue weighted by Gasteiger charge is -2.35. The number of thiazole rings is 1. The molecule has 15 rings (SSSR count). The van der Waals surface area contributed by atoms with Crippen molar-refractivity contribution in [2.75, 3.05) is 9.80 Å². The molecular formula is C69H44N4O2S. The highest BCUT2D eigenvalue weighted by molar-refractivity contribution is 7.21. The largest absolute Gasteiger partial charge is 0.456 e. The Bertz CT molecular complexity index is 4360. The molecule has 14 aromatic rings. The SMILES string of the molecule is c1ccc(N(c2ccc(-c3nc4ccccc4o3)cc2)c2ccc3c(c2)oc2ccc(N(c4ccc(-c5nc6ccccc6s5)cc4)c4ccc5c(c4)C(c4ccccc4)(c4ccccc4)c4ccccc4-5)cc23)cc1. The van der Waals surface area contributed by atoms with Crippen molar-refractivity contribution in [3.8, 4) is 33.2 Å². The van der Waals surface area contributed by atoms with Crippen LogP contribution in [0.15, 0.2) is 276 Å². The third-order valence-corrected chi connectivity index (χ3v) is 16.1. The van der Waals surface area contributed by atoms with Crippen molar-refractivity contribution >= 4 is 88.7 Å². The summed E-state index contributed by atoms with van der Waals surface area (Å²) in [5.41, 5.74) is 19.2. The maximum absolute atomic E-state index is 6.81. The fourth-order valence-electron chi connectivity index (χ4n) is 11.6. The molecule has 76 heavy (non-hydrogen) atoms. The summed E-state index contributed by atoms with van der Waals surface area (Å²) in [5, 5.41) is 3.06. The summed E-state index contributed by atoms with van der Waals surface area (Å²) >= 11 is 1.72. The van der Waals surface area contributed by atoms with E-state index in [4.69, 9.17) is 18.8 Å². The van der Waals surface area contributed by atoms with E-state index >= 15 is 0 Å². The number of rotatable bonds is 10. The summed E-state index contributed by atoms with van der Waals surface area (Å²) in [7, 11) is 0. The molecule has 0 amide bonds. The van der Waals surface area contributed by atoms with Gasteiger partial charge >= 0.3 is 0 Å². The van der Waals surface area contributed by atoms with Gasteiger partial charge in [-0.1, -0.05) is 133 Å². The van der Waals surface area contributed by atoms with Gasteiger partial charge in [0.25, 0.3) is 0 Å². The Balaban J connectivity index is 0.869. The summed E-state index contributed by atoms with van der Waals surface area (Å²) in [4.78, 5) is 14.4. The predicted octanol–water partition coefficient (Wildman–Crippen LogP) is 19.0. The van der Waals surface area contributed by atoms with E-state index in [0.717, 1.165) is 88.8 Å². The van der Waals surface area contributed by atoms with Crippen LogP contribution in [0.5, 0.6) is 0 Å². The van der Waals surface area contributed by atoms with E-state index in [1.807, 2.05) is 36.4 Å². The van der Waals surface area contributed by atoms with Gasteiger partial charge in [0.15, 0.2) is 5.58 Å². The normalized spacial score (nSPS) is 12.6. The molecule has 6 nitrogen and oxygen atoms in total. The van der Waals surface area contributed by atoms with Gasteiger partial charge in [-0.3, -0.25) is 0 Å². The Hall–Kier alpha value is -9.82. The molecule has 0 bridgehead atoms. The van der Waals surface area contributed by atoms with Gasteiger partial charge in [0, 0.05) is 62.1 Å². The zero-order valence-corrected chi connectivity index (χ0v) is 41.7. The second-order valence-corrected chi connectivity index (χ2v) is 20.3. The summed E-state index contributed by atoms with van der Waals surface area (Å²) in [6, 6.07) is 95.0. The number of furan rings is 1. The van der Waals surface area contributed by atoms with Crippen molar-refractivity contribution in [2.24, 2.45) is 0 Å². The van der Waals surface area contributed by atoms with Crippen molar-refractivity contribution in [3.63, 3.8) is 0 Å². The van der Waals surface area contributed by atoms with Crippen molar-refractivity contribution < 1.29 is 8.83 Å². The highest BCUT2D eigenvalue weighted by Crippen LogP contribution is 2.57. The molecule has 358 valence electrons. The van der Waals surface area contributed by atoms with Crippen LogP contribution in [0.2, 0.25) is 0 Å². The Morgan fingerprint density at radius 1 is 0.342 bits per heavy atom. The van der Waals surface area contributed by atoms with Gasteiger partial charge in [0.05, 0.1) is 15.6 Å². The van der Waals surface area contributed by atoms with E-state index in [9.17, 15) is 0 Å². The van der Waals surface area contributed by atoms with Crippen LogP contribution in [-0.4, -0.2) is 9.97 Å². The van der Waals surface area contributed by atoms with E-state index in [1.54, 1.807) is 11.3 Å². The van der Waals surface area contributed by atoms with Gasteiger partial charge in [-0.25, -0.2) is 9.97 Å². The number of hydrogen-bond donors (Lipinski definition) is 0. The first-order valence-corrected chi connectivity index (χ1v) is 26.3. The standard InChI is InChI=1S/C69H44N4O2S/c1-4-16-47(17-5-1)69(48-18-6-2-7-19-48)59-23-11-10-22-55(59)56-39-36-53(43-60(56)69)73(51-34-30-46(31-35-51)68-71-62-25-13-15-27-66(62)76-68)52-38-41-63-58(42-52)57-40-37-54(44-65(57)74-63)72(49-20-8-3-9-21-49)50-32-28-45(29-33-50)67-70-61-24-12-14-26-64(61)75-67/h1-44H. The Kier molecular flexibility index (Phi) is 10.2. The summed E-state index contributed by atoms with van der Waals surface area (Å²) in [5.74, 6) is 0.594. The molecule has 0 aliphatic heterocycles. The molecule has 7 heteroatoms. The van der Waals surface area contributed by atoms with Gasteiger partial charge in [0.2, 0.25) is 5.89 Å². The summed E-state index contributed by atoms with van der Waals surface area (Å²) in [6.07, 6.45) is 0. The van der Waals surface area contributed by atoms with E-state index in [-0.39, 0.29) is 0 Å². The van der Waals surface area contributed by atoms with E-state index in [0.29, 0.717) is 5.89 Å². The highest BCUT2D eigenvalue weighted by atomic mass is 32.1. The van der Waals surface area contributed by atoms with Crippen LogP contribution >= 0.6 is 11.3 Å². The van der Waals surface area contributed by atoms with Gasteiger partial charge in [-0.05, 0) is 161 Å². The first-order valence-electron chi connectivity index (χ1n) is 25.5. The average Bonchev–Trinajstić information content (AvgIpc) is 4.28. The van der Waals surface area contributed by atoms with Gasteiger partial charge in [-0.2, -0.15) is 0 Å². The fourth-order valence-corrected chi connectivity index (χ4v) is 12.5. The van der Waals surface area contributed by atoms with Crippen LogP contribution in [0.1, 0.15) is 22.3 Å². The van der Waals surface area contributed by atoms with Crippen LogP contribution in [0.3, 0.4) is 0 Å². The summed E-state index contributed by atoms with van der Waals surface area (Å²) < 4.78 is 14.1. The van der Waals surface area contributed by atoms with Crippen LogP contribution in [-0.2, 0) is 5.41 Å². The number of hydrogen-bond acceptors (Lipinski definition) is 7. The molecule has 0 unspecified atom stereocenters. The lowest BCUT2D eigenvalue weighted by Crippen LogP contribution is -2.28. The van der Waals surface area contributed by atoms with Crippen LogP contribution in [0, 0.1) is 0 Å². The molecule has 1 aliphatic rings. The zero-order valence-electron chi connectivity index (χ0n) is 40.9. The molecule has 0 fully saturated rings. The molecule has 1 aliphatic carbocycles. The molecule has 3 aromatic heterocycles. The molecule has 0 radical (unpaired) electrons. The zero-order chi connectivity index (χ0) is 50.2. The Morgan fingerprint density at radius 2 is 0.895 bits per heavy atom. The first-order chi connectivity index (χ1) is 37.6. The van der Waals surface area contributed by atoms with Gasteiger partial charge in [0.1, 0.15) is 21.7 Å². The number of para-hydroxylation sites is 4. The monoisotopic (exact) mass is 992 g/mol. The van der Waals surface area contributed by atoms with Crippen LogP contribution < -0.4 is 9.80 Å². The van der Waals surface area contributed by atoms with Crippen molar-refractivity contribution in [1.82, 2.24) is 9.97 Å². The van der Waals surface area contributed by atoms with Crippen molar-refractivity contribution in [2.45, 2.75) is 5.41 Å². The maximum atomic E-state index is 6.81. The number of fused-ring (bicyclic) bond motifs is 8. The Morgan fingerprint density at radius 3 is 1.63 bits per heavy atom.